The van der Waals surface area contributed by atoms with Gasteiger partial charge in [-0.2, -0.15) is 0 Å². The molecule has 0 radical (unpaired) electrons. The first-order valence-corrected chi connectivity index (χ1v) is 8.55. The first-order valence-electron chi connectivity index (χ1n) is 7.75. The fourth-order valence-electron chi connectivity index (χ4n) is 2.54. The summed E-state index contributed by atoms with van der Waals surface area (Å²) in [5.74, 6) is 0.673. The smallest absolute Gasteiger partial charge is 0.160 e. The number of rotatable bonds is 3. The molecule has 1 aromatic carbocycles. The Hall–Kier alpha value is -2.92. The number of nitrogens with zero attached hydrogens (tertiary/aromatic N) is 4. The van der Waals surface area contributed by atoms with Gasteiger partial charge in [0.25, 0.3) is 0 Å². The highest BCUT2D eigenvalue weighted by Crippen LogP contribution is 2.28. The third kappa shape index (κ3) is 3.46. The molecular formula is C20H13BrN4. The number of hydrogen-bond donors (Lipinski definition) is 0. The van der Waals surface area contributed by atoms with Gasteiger partial charge in [-0.05, 0) is 42.5 Å². The zero-order valence-corrected chi connectivity index (χ0v) is 14.8. The minimum Gasteiger partial charge on any atom is -0.265 e. The van der Waals surface area contributed by atoms with Gasteiger partial charge >= 0.3 is 0 Å². The quantitative estimate of drug-likeness (QED) is 0.493. The Morgan fingerprint density at radius 2 is 1.20 bits per heavy atom. The predicted octanol–water partition coefficient (Wildman–Crippen LogP) is 5.03. The van der Waals surface area contributed by atoms with Crippen LogP contribution in [0.15, 0.2) is 83.9 Å². The SMILES string of the molecule is Brc1cccc(-c2cc(-c3ccncc3)nc(-c3ccncc3)n2)c1. The maximum Gasteiger partial charge on any atom is 0.160 e. The van der Waals surface area contributed by atoms with Gasteiger partial charge in [0, 0.05) is 46.0 Å². The summed E-state index contributed by atoms with van der Waals surface area (Å²) in [6, 6.07) is 17.8. The van der Waals surface area contributed by atoms with Crippen molar-refractivity contribution < 1.29 is 0 Å². The van der Waals surface area contributed by atoms with E-state index >= 15 is 0 Å². The lowest BCUT2D eigenvalue weighted by Gasteiger charge is -2.09. The van der Waals surface area contributed by atoms with Crippen molar-refractivity contribution in [1.29, 1.82) is 0 Å². The van der Waals surface area contributed by atoms with Gasteiger partial charge in [-0.1, -0.05) is 28.1 Å². The summed E-state index contributed by atoms with van der Waals surface area (Å²) in [5, 5.41) is 0. The van der Waals surface area contributed by atoms with Crippen molar-refractivity contribution in [3.05, 3.63) is 83.9 Å². The molecule has 0 saturated heterocycles. The van der Waals surface area contributed by atoms with E-state index in [2.05, 4.69) is 32.0 Å². The van der Waals surface area contributed by atoms with Crippen LogP contribution in [0.25, 0.3) is 33.9 Å². The lowest BCUT2D eigenvalue weighted by molar-refractivity contribution is 1.17. The van der Waals surface area contributed by atoms with Gasteiger partial charge in [0.2, 0.25) is 0 Å². The molecule has 0 aliphatic heterocycles. The molecule has 5 heteroatoms. The van der Waals surface area contributed by atoms with E-state index in [1.807, 2.05) is 48.5 Å². The molecule has 4 rings (SSSR count). The van der Waals surface area contributed by atoms with Crippen LogP contribution < -0.4 is 0 Å². The topological polar surface area (TPSA) is 51.6 Å². The van der Waals surface area contributed by atoms with Crippen LogP contribution in [0.3, 0.4) is 0 Å². The number of aromatic nitrogens is 4. The van der Waals surface area contributed by atoms with Crippen LogP contribution in [0.2, 0.25) is 0 Å². The molecule has 0 aliphatic rings. The highest BCUT2D eigenvalue weighted by Gasteiger charge is 2.10. The Kier molecular flexibility index (Phi) is 4.31. The van der Waals surface area contributed by atoms with Gasteiger partial charge in [-0.3, -0.25) is 9.97 Å². The summed E-state index contributed by atoms with van der Waals surface area (Å²) in [6.07, 6.45) is 7.03. The van der Waals surface area contributed by atoms with Crippen molar-refractivity contribution in [1.82, 2.24) is 19.9 Å². The number of benzene rings is 1. The second-order valence-corrected chi connectivity index (χ2v) is 6.36. The molecule has 0 amide bonds. The van der Waals surface area contributed by atoms with Gasteiger partial charge in [-0.25, -0.2) is 9.97 Å². The molecule has 0 saturated carbocycles. The van der Waals surface area contributed by atoms with Crippen molar-refractivity contribution in [3.63, 3.8) is 0 Å². The molecule has 0 bridgehead atoms. The molecule has 0 atom stereocenters. The van der Waals surface area contributed by atoms with Crippen LogP contribution in [-0.4, -0.2) is 19.9 Å². The zero-order valence-electron chi connectivity index (χ0n) is 13.2. The normalized spacial score (nSPS) is 10.6. The summed E-state index contributed by atoms with van der Waals surface area (Å²) in [6.45, 7) is 0. The Labute approximate surface area is 153 Å². The molecule has 4 nitrogen and oxygen atoms in total. The molecule has 120 valence electrons. The maximum atomic E-state index is 4.77. The van der Waals surface area contributed by atoms with E-state index in [0.29, 0.717) is 5.82 Å². The van der Waals surface area contributed by atoms with Crippen molar-refractivity contribution in [2.45, 2.75) is 0 Å². The average molecular weight is 389 g/mol. The number of pyridine rings is 2. The first-order chi connectivity index (χ1) is 12.3. The van der Waals surface area contributed by atoms with E-state index in [0.717, 1.165) is 32.6 Å². The van der Waals surface area contributed by atoms with Crippen LogP contribution in [-0.2, 0) is 0 Å². The van der Waals surface area contributed by atoms with E-state index < -0.39 is 0 Å². The fourth-order valence-corrected chi connectivity index (χ4v) is 2.94. The average Bonchev–Trinajstić information content (AvgIpc) is 2.69. The van der Waals surface area contributed by atoms with Crippen LogP contribution in [0.4, 0.5) is 0 Å². The van der Waals surface area contributed by atoms with Crippen molar-refractivity contribution in [2.24, 2.45) is 0 Å². The maximum absolute atomic E-state index is 4.77. The Morgan fingerprint density at radius 1 is 0.600 bits per heavy atom. The fraction of sp³-hybridized carbons (Fsp3) is 0. The Bertz CT molecular complexity index is 947. The monoisotopic (exact) mass is 388 g/mol. The molecule has 25 heavy (non-hydrogen) atoms. The molecule has 4 aromatic rings. The number of hydrogen-bond acceptors (Lipinski definition) is 4. The molecule has 0 spiro atoms. The standard InChI is InChI=1S/C20H13BrN4/c21-17-3-1-2-16(12-17)19-13-18(14-4-8-22-9-5-14)24-20(25-19)15-6-10-23-11-7-15/h1-13H. The summed E-state index contributed by atoms with van der Waals surface area (Å²) in [4.78, 5) is 17.7. The van der Waals surface area contributed by atoms with Crippen molar-refractivity contribution >= 4 is 15.9 Å². The zero-order chi connectivity index (χ0) is 17.1. The second kappa shape index (κ2) is 6.91. The van der Waals surface area contributed by atoms with Gasteiger partial charge in [0.05, 0.1) is 11.4 Å². The minimum absolute atomic E-state index is 0.673. The second-order valence-electron chi connectivity index (χ2n) is 5.44. The molecule has 0 aliphatic carbocycles. The first kappa shape index (κ1) is 15.6. The number of halogens is 1. The third-order valence-electron chi connectivity index (χ3n) is 3.76. The summed E-state index contributed by atoms with van der Waals surface area (Å²) < 4.78 is 1.01. The molecule has 3 aromatic heterocycles. The van der Waals surface area contributed by atoms with E-state index in [1.165, 1.54) is 0 Å². The molecular weight excluding hydrogens is 376 g/mol. The highest BCUT2D eigenvalue weighted by molar-refractivity contribution is 9.10. The highest BCUT2D eigenvalue weighted by atomic mass is 79.9. The van der Waals surface area contributed by atoms with Gasteiger partial charge < -0.3 is 0 Å². The van der Waals surface area contributed by atoms with E-state index in [4.69, 9.17) is 9.97 Å². The lowest BCUT2D eigenvalue weighted by atomic mass is 10.1. The van der Waals surface area contributed by atoms with Gasteiger partial charge in [0.15, 0.2) is 5.82 Å². The molecule has 3 heterocycles. The van der Waals surface area contributed by atoms with E-state index in [-0.39, 0.29) is 0 Å². The van der Waals surface area contributed by atoms with Gasteiger partial charge in [-0.15, -0.1) is 0 Å². The summed E-state index contributed by atoms with van der Waals surface area (Å²) in [5.41, 5.74) is 4.70. The summed E-state index contributed by atoms with van der Waals surface area (Å²) >= 11 is 3.53. The Balaban J connectivity index is 1.92. The van der Waals surface area contributed by atoms with Crippen LogP contribution in [0, 0.1) is 0 Å². The molecule has 0 N–H and O–H groups in total. The molecule has 0 fully saturated rings. The summed E-state index contributed by atoms with van der Waals surface area (Å²) in [7, 11) is 0. The third-order valence-corrected chi connectivity index (χ3v) is 4.25. The van der Waals surface area contributed by atoms with Crippen molar-refractivity contribution in [3.8, 4) is 33.9 Å². The molecule has 0 unspecified atom stereocenters. The van der Waals surface area contributed by atoms with Crippen LogP contribution in [0.5, 0.6) is 0 Å². The van der Waals surface area contributed by atoms with E-state index in [1.54, 1.807) is 24.8 Å². The van der Waals surface area contributed by atoms with E-state index in [9.17, 15) is 0 Å². The van der Waals surface area contributed by atoms with Crippen LogP contribution >= 0.6 is 15.9 Å². The predicted molar refractivity (Wildman–Crippen MR) is 102 cm³/mol. The van der Waals surface area contributed by atoms with Gasteiger partial charge in [0.1, 0.15) is 0 Å². The Morgan fingerprint density at radius 3 is 1.84 bits per heavy atom. The van der Waals surface area contributed by atoms with Crippen LogP contribution in [0.1, 0.15) is 0 Å². The largest absolute Gasteiger partial charge is 0.265 e. The van der Waals surface area contributed by atoms with Crippen molar-refractivity contribution in [2.75, 3.05) is 0 Å². The minimum atomic E-state index is 0.673. The lowest BCUT2D eigenvalue weighted by Crippen LogP contribution is -1.96.